The van der Waals surface area contributed by atoms with E-state index >= 15 is 0 Å². The minimum Gasteiger partial charge on any atom is -0.391 e. The molecule has 2 aromatic rings. The molecule has 2 aromatic heterocycles. The van der Waals surface area contributed by atoms with Crippen molar-refractivity contribution in [2.24, 2.45) is 0 Å². The van der Waals surface area contributed by atoms with Gasteiger partial charge < -0.3 is 10.1 Å². The van der Waals surface area contributed by atoms with Crippen molar-refractivity contribution < 1.29 is 13.5 Å². The van der Waals surface area contributed by atoms with E-state index in [0.717, 1.165) is 5.82 Å². The van der Waals surface area contributed by atoms with Crippen LogP contribution < -0.4 is 4.72 Å². The molecule has 0 aliphatic rings. The zero-order valence-corrected chi connectivity index (χ0v) is 12.0. The van der Waals surface area contributed by atoms with Gasteiger partial charge in [-0.25, -0.2) is 18.1 Å². The Morgan fingerprint density at radius 3 is 2.89 bits per heavy atom. The summed E-state index contributed by atoms with van der Waals surface area (Å²) in [6, 6.07) is 1.51. The molecule has 0 atom stereocenters. The summed E-state index contributed by atoms with van der Waals surface area (Å²) in [5.74, 6) is 0.737. The fraction of sp³-hybridized carbons (Fsp3) is 0.364. The van der Waals surface area contributed by atoms with Crippen LogP contribution in [0.25, 0.3) is 0 Å². The van der Waals surface area contributed by atoms with E-state index in [0.29, 0.717) is 16.2 Å². The molecule has 0 saturated heterocycles. The number of sulfonamides is 1. The number of aromatic amines is 1. The normalized spacial score (nSPS) is 11.9. The maximum Gasteiger partial charge on any atom is 0.241 e. The van der Waals surface area contributed by atoms with E-state index in [1.54, 1.807) is 19.3 Å². The van der Waals surface area contributed by atoms with Gasteiger partial charge in [-0.2, -0.15) is 0 Å². The number of nitrogens with zero attached hydrogens (tertiary/aromatic N) is 1. The largest absolute Gasteiger partial charge is 0.391 e. The van der Waals surface area contributed by atoms with E-state index in [9.17, 15) is 8.42 Å². The molecular weight excluding hydrogens is 286 g/mol. The van der Waals surface area contributed by atoms with E-state index in [2.05, 4.69) is 14.7 Å². The number of rotatable bonds is 6. The number of aliphatic hydroxyl groups excluding tert-OH is 1. The Morgan fingerprint density at radius 2 is 2.32 bits per heavy atom. The highest BCUT2D eigenvalue weighted by atomic mass is 32.2. The van der Waals surface area contributed by atoms with Crippen LogP contribution >= 0.6 is 11.3 Å². The molecule has 0 bridgehead atoms. The first-order valence-corrected chi connectivity index (χ1v) is 8.01. The number of hydrogen-bond acceptors (Lipinski definition) is 5. The summed E-state index contributed by atoms with van der Waals surface area (Å²) in [6.45, 7) is 1.86. The number of H-pyrrole nitrogens is 1. The molecule has 6 nitrogen and oxygen atoms in total. The van der Waals surface area contributed by atoms with Crippen molar-refractivity contribution in [3.05, 3.63) is 34.0 Å². The second-order valence-electron chi connectivity index (χ2n) is 3.97. The highest BCUT2D eigenvalue weighted by Crippen LogP contribution is 2.25. The molecule has 0 aromatic carbocycles. The number of imidazole rings is 1. The molecule has 0 fully saturated rings. The van der Waals surface area contributed by atoms with Gasteiger partial charge in [0.05, 0.1) is 11.5 Å². The van der Waals surface area contributed by atoms with Crippen LogP contribution in [0.1, 0.15) is 15.6 Å². The van der Waals surface area contributed by atoms with Crippen LogP contribution in [0.15, 0.2) is 23.4 Å². The molecule has 0 amide bonds. The molecule has 0 unspecified atom stereocenters. The minimum atomic E-state index is -3.53. The van der Waals surface area contributed by atoms with E-state index in [1.165, 1.54) is 17.4 Å². The first-order chi connectivity index (χ1) is 9.03. The van der Waals surface area contributed by atoms with Gasteiger partial charge in [-0.1, -0.05) is 0 Å². The highest BCUT2D eigenvalue weighted by molar-refractivity contribution is 7.89. The number of aliphatic hydroxyl groups is 1. The number of hydrogen-bond donors (Lipinski definition) is 3. The lowest BCUT2D eigenvalue weighted by molar-refractivity contribution is 0.285. The molecule has 19 heavy (non-hydrogen) atoms. The summed E-state index contributed by atoms with van der Waals surface area (Å²) in [5.41, 5.74) is 0. The quantitative estimate of drug-likeness (QED) is 0.735. The van der Waals surface area contributed by atoms with Gasteiger partial charge >= 0.3 is 0 Å². The zero-order chi connectivity index (χ0) is 13.9. The van der Waals surface area contributed by atoms with Crippen LogP contribution in [0.3, 0.4) is 0 Å². The van der Waals surface area contributed by atoms with Crippen LogP contribution in [-0.2, 0) is 23.1 Å². The predicted molar refractivity (Wildman–Crippen MR) is 72.5 cm³/mol. The van der Waals surface area contributed by atoms with Crippen molar-refractivity contribution in [3.8, 4) is 0 Å². The third kappa shape index (κ3) is 3.41. The minimum absolute atomic E-state index is 0.145. The summed E-state index contributed by atoms with van der Waals surface area (Å²) < 4.78 is 26.7. The maximum atomic E-state index is 12.1. The van der Waals surface area contributed by atoms with Gasteiger partial charge in [-0.3, -0.25) is 0 Å². The SMILES string of the molecule is Cc1sc(CO)cc1S(=O)(=O)NCCc1ncc[nH]1. The fourth-order valence-electron chi connectivity index (χ4n) is 1.69. The van der Waals surface area contributed by atoms with Crippen molar-refractivity contribution >= 4 is 21.4 Å². The van der Waals surface area contributed by atoms with Gasteiger partial charge in [0.25, 0.3) is 0 Å². The van der Waals surface area contributed by atoms with Gasteiger partial charge in [0.1, 0.15) is 5.82 Å². The van der Waals surface area contributed by atoms with Crippen molar-refractivity contribution in [2.75, 3.05) is 6.54 Å². The third-order valence-corrected chi connectivity index (χ3v) is 5.33. The summed E-state index contributed by atoms with van der Waals surface area (Å²) in [7, 11) is -3.53. The smallest absolute Gasteiger partial charge is 0.241 e. The van der Waals surface area contributed by atoms with Crippen molar-refractivity contribution in [1.29, 1.82) is 0 Å². The lowest BCUT2D eigenvalue weighted by Gasteiger charge is -2.05. The van der Waals surface area contributed by atoms with Crippen molar-refractivity contribution in [3.63, 3.8) is 0 Å². The average Bonchev–Trinajstić information content (AvgIpc) is 2.98. The molecule has 104 valence electrons. The molecule has 0 aliphatic carbocycles. The second kappa shape index (κ2) is 5.83. The molecule has 2 rings (SSSR count). The summed E-state index contributed by atoms with van der Waals surface area (Å²) in [4.78, 5) is 8.49. The van der Waals surface area contributed by atoms with Crippen LogP contribution in [0, 0.1) is 6.92 Å². The van der Waals surface area contributed by atoms with Crippen LogP contribution in [0.5, 0.6) is 0 Å². The predicted octanol–water partition coefficient (Wildman–Crippen LogP) is 0.793. The first-order valence-electron chi connectivity index (χ1n) is 5.71. The molecule has 0 aliphatic heterocycles. The van der Waals surface area contributed by atoms with Gasteiger partial charge in [-0.15, -0.1) is 11.3 Å². The lowest BCUT2D eigenvalue weighted by atomic mass is 10.4. The van der Waals surface area contributed by atoms with Gasteiger partial charge in [0.2, 0.25) is 10.0 Å². The first kappa shape index (κ1) is 14.2. The summed E-state index contributed by atoms with van der Waals surface area (Å²) in [6.07, 6.45) is 3.82. The Morgan fingerprint density at radius 1 is 1.53 bits per heavy atom. The van der Waals surface area contributed by atoms with Gasteiger partial charge in [0, 0.05) is 35.1 Å². The zero-order valence-electron chi connectivity index (χ0n) is 10.4. The summed E-state index contributed by atoms with van der Waals surface area (Å²) >= 11 is 1.28. The Balaban J connectivity index is 2.03. The van der Waals surface area contributed by atoms with Crippen LogP contribution in [0.4, 0.5) is 0 Å². The van der Waals surface area contributed by atoms with Crippen molar-refractivity contribution in [2.45, 2.75) is 24.8 Å². The third-order valence-electron chi connectivity index (χ3n) is 2.58. The lowest BCUT2D eigenvalue weighted by Crippen LogP contribution is -2.26. The van der Waals surface area contributed by atoms with Crippen LogP contribution in [-0.4, -0.2) is 30.0 Å². The van der Waals surface area contributed by atoms with E-state index in [4.69, 9.17) is 5.11 Å². The molecule has 0 saturated carbocycles. The Bertz CT molecular complexity index is 632. The van der Waals surface area contributed by atoms with Crippen molar-refractivity contribution in [1.82, 2.24) is 14.7 Å². The summed E-state index contributed by atoms with van der Waals surface area (Å²) in [5, 5.41) is 9.02. The number of nitrogens with one attached hydrogen (secondary N) is 2. The van der Waals surface area contributed by atoms with E-state index < -0.39 is 10.0 Å². The van der Waals surface area contributed by atoms with E-state index in [-0.39, 0.29) is 18.0 Å². The van der Waals surface area contributed by atoms with Gasteiger partial charge in [-0.05, 0) is 13.0 Å². The monoisotopic (exact) mass is 301 g/mol. The molecule has 2 heterocycles. The molecule has 3 N–H and O–H groups in total. The molecule has 8 heteroatoms. The standard InChI is InChI=1S/C11H15N3O3S2/c1-8-10(6-9(7-15)18-8)19(16,17)14-3-2-11-12-4-5-13-11/h4-6,14-15H,2-3,7H2,1H3,(H,12,13). The molecular formula is C11H15N3O3S2. The Hall–Kier alpha value is -1.22. The second-order valence-corrected chi connectivity index (χ2v) is 7.05. The number of aromatic nitrogens is 2. The topological polar surface area (TPSA) is 95.1 Å². The Kier molecular flexibility index (Phi) is 4.35. The number of aryl methyl sites for hydroxylation is 1. The van der Waals surface area contributed by atoms with E-state index in [1.807, 2.05) is 0 Å². The highest BCUT2D eigenvalue weighted by Gasteiger charge is 2.19. The fourth-order valence-corrected chi connectivity index (χ4v) is 4.21. The van der Waals surface area contributed by atoms with Gasteiger partial charge in [0.15, 0.2) is 0 Å². The maximum absolute atomic E-state index is 12.1. The van der Waals surface area contributed by atoms with Crippen LogP contribution in [0.2, 0.25) is 0 Å². The Labute approximate surface area is 115 Å². The molecule has 0 radical (unpaired) electrons. The average molecular weight is 301 g/mol. The molecule has 0 spiro atoms. The number of thiophene rings is 1.